The first kappa shape index (κ1) is 21.3. The van der Waals surface area contributed by atoms with Crippen LogP contribution in [-0.4, -0.2) is 64.3 Å². The Bertz CT molecular complexity index is 779. The second kappa shape index (κ2) is 9.89. The van der Waals surface area contributed by atoms with Gasteiger partial charge in [0.25, 0.3) is 0 Å². The summed E-state index contributed by atoms with van der Waals surface area (Å²) in [6, 6.07) is 10.2. The molecule has 1 fully saturated rings. The number of benzene rings is 1. The van der Waals surface area contributed by atoms with Crippen molar-refractivity contribution in [2.75, 3.05) is 38.1 Å². The fraction of sp³-hybridized carbons (Fsp3) is 0.545. The molecule has 2 heterocycles. The second-order valence-electron chi connectivity index (χ2n) is 7.81. The van der Waals surface area contributed by atoms with Crippen LogP contribution < -0.4 is 10.1 Å². The Hall–Kier alpha value is -2.38. The molecule has 0 aliphatic carbocycles. The third kappa shape index (κ3) is 5.58. The molecule has 7 heteroatoms. The molecule has 1 aromatic heterocycles. The van der Waals surface area contributed by atoms with Gasteiger partial charge < -0.3 is 10.1 Å². The first-order valence-corrected chi connectivity index (χ1v) is 10.5. The van der Waals surface area contributed by atoms with Gasteiger partial charge in [-0.3, -0.25) is 14.6 Å². The van der Waals surface area contributed by atoms with Crippen molar-refractivity contribution >= 4 is 11.7 Å². The topological polar surface area (TPSA) is 62.6 Å². The average Bonchev–Trinajstić information content (AvgIpc) is 3.18. The normalized spacial score (nSPS) is 16.7. The number of rotatable bonds is 8. The summed E-state index contributed by atoms with van der Waals surface area (Å²) >= 11 is 0. The maximum atomic E-state index is 12.7. The predicted molar refractivity (Wildman–Crippen MR) is 115 cm³/mol. The van der Waals surface area contributed by atoms with E-state index in [1.807, 2.05) is 36.7 Å². The van der Waals surface area contributed by atoms with Gasteiger partial charge in [0.05, 0.1) is 18.8 Å². The van der Waals surface area contributed by atoms with Crippen molar-refractivity contribution in [3.63, 3.8) is 0 Å². The molecule has 0 saturated carbocycles. The molecule has 1 atom stereocenters. The molecular weight excluding hydrogens is 366 g/mol. The first-order chi connectivity index (χ1) is 14.0. The molecule has 7 nitrogen and oxygen atoms in total. The lowest BCUT2D eigenvalue weighted by Crippen LogP contribution is -2.52. The molecule has 1 aromatic carbocycles. The monoisotopic (exact) mass is 399 g/mol. The largest absolute Gasteiger partial charge is 0.494 e. The van der Waals surface area contributed by atoms with Gasteiger partial charge in [-0.1, -0.05) is 12.1 Å². The smallest absolute Gasteiger partial charge is 0.242 e. The summed E-state index contributed by atoms with van der Waals surface area (Å²) in [7, 11) is 0. The van der Waals surface area contributed by atoms with Crippen molar-refractivity contribution in [3.05, 3.63) is 42.1 Å². The van der Waals surface area contributed by atoms with E-state index >= 15 is 0 Å². The summed E-state index contributed by atoms with van der Waals surface area (Å²) < 4.78 is 7.34. The van der Waals surface area contributed by atoms with E-state index in [0.29, 0.717) is 6.61 Å². The molecule has 1 saturated heterocycles. The molecule has 1 unspecified atom stereocenters. The fourth-order valence-electron chi connectivity index (χ4n) is 3.65. The van der Waals surface area contributed by atoms with Crippen LogP contribution >= 0.6 is 0 Å². The quantitative estimate of drug-likeness (QED) is 0.739. The van der Waals surface area contributed by atoms with E-state index in [1.165, 1.54) is 5.56 Å². The Balaban J connectivity index is 1.48. The van der Waals surface area contributed by atoms with E-state index in [-0.39, 0.29) is 18.0 Å². The standard InChI is InChI=1S/C22H33N5O2/c1-5-29-20-8-6-19(7-9-20)16-25-12-14-26(15-13-25)18(4)22(28)24-21-10-11-23-27(21)17(2)3/h6-11,17-18H,5,12-16H2,1-4H3,(H,24,28). The number of hydrogen-bond acceptors (Lipinski definition) is 5. The maximum absolute atomic E-state index is 12.7. The molecule has 29 heavy (non-hydrogen) atoms. The number of carbonyl (C=O) groups excluding carboxylic acids is 1. The zero-order chi connectivity index (χ0) is 20.8. The van der Waals surface area contributed by atoms with Crippen LogP contribution in [0.4, 0.5) is 5.82 Å². The van der Waals surface area contributed by atoms with Gasteiger partial charge in [0.2, 0.25) is 5.91 Å². The minimum atomic E-state index is -0.168. The van der Waals surface area contributed by atoms with E-state index in [4.69, 9.17) is 4.74 Å². The van der Waals surface area contributed by atoms with Gasteiger partial charge in [-0.2, -0.15) is 5.10 Å². The zero-order valence-electron chi connectivity index (χ0n) is 18.0. The number of anilines is 1. The lowest BCUT2D eigenvalue weighted by atomic mass is 10.1. The Kier molecular flexibility index (Phi) is 7.28. The molecule has 2 aromatic rings. The summed E-state index contributed by atoms with van der Waals surface area (Å²) in [5, 5.41) is 7.31. The van der Waals surface area contributed by atoms with Crippen LogP contribution in [0.3, 0.4) is 0 Å². The highest BCUT2D eigenvalue weighted by Crippen LogP contribution is 2.17. The zero-order valence-corrected chi connectivity index (χ0v) is 18.0. The molecule has 1 aliphatic rings. The summed E-state index contributed by atoms with van der Waals surface area (Å²) in [5.74, 6) is 1.69. The van der Waals surface area contributed by atoms with Gasteiger partial charge in [0.1, 0.15) is 11.6 Å². The van der Waals surface area contributed by atoms with Gasteiger partial charge in [0, 0.05) is 44.8 Å². The van der Waals surface area contributed by atoms with Gasteiger partial charge in [-0.25, -0.2) is 4.68 Å². The lowest BCUT2D eigenvalue weighted by molar-refractivity contribution is -0.121. The van der Waals surface area contributed by atoms with Crippen molar-refractivity contribution in [1.82, 2.24) is 19.6 Å². The maximum Gasteiger partial charge on any atom is 0.242 e. The number of hydrogen-bond donors (Lipinski definition) is 1. The average molecular weight is 400 g/mol. The molecule has 3 rings (SSSR count). The molecule has 158 valence electrons. The number of nitrogens with one attached hydrogen (secondary N) is 1. The van der Waals surface area contributed by atoms with E-state index in [9.17, 15) is 4.79 Å². The van der Waals surface area contributed by atoms with E-state index in [2.05, 4.69) is 46.2 Å². The highest BCUT2D eigenvalue weighted by atomic mass is 16.5. The van der Waals surface area contributed by atoms with Crippen molar-refractivity contribution < 1.29 is 9.53 Å². The molecular formula is C22H33N5O2. The van der Waals surface area contributed by atoms with E-state index in [1.54, 1.807) is 6.20 Å². The van der Waals surface area contributed by atoms with Crippen molar-refractivity contribution in [2.24, 2.45) is 0 Å². The second-order valence-corrected chi connectivity index (χ2v) is 7.81. The summed E-state index contributed by atoms with van der Waals surface area (Å²) in [6.45, 7) is 13.4. The number of carbonyl (C=O) groups is 1. The minimum Gasteiger partial charge on any atom is -0.494 e. The summed E-state index contributed by atoms with van der Waals surface area (Å²) in [6.07, 6.45) is 1.72. The fourth-order valence-corrected chi connectivity index (χ4v) is 3.65. The van der Waals surface area contributed by atoms with Gasteiger partial charge >= 0.3 is 0 Å². The van der Waals surface area contributed by atoms with Crippen LogP contribution in [0.15, 0.2) is 36.5 Å². The SMILES string of the molecule is CCOc1ccc(CN2CCN(C(C)C(=O)Nc3ccnn3C(C)C)CC2)cc1. The molecule has 0 bridgehead atoms. The first-order valence-electron chi connectivity index (χ1n) is 10.5. The third-order valence-corrected chi connectivity index (χ3v) is 5.39. The number of ether oxygens (including phenoxy) is 1. The summed E-state index contributed by atoms with van der Waals surface area (Å²) in [4.78, 5) is 17.4. The molecule has 0 radical (unpaired) electrons. The number of piperazine rings is 1. The lowest BCUT2D eigenvalue weighted by Gasteiger charge is -2.37. The van der Waals surface area contributed by atoms with Crippen LogP contribution in [0.1, 0.15) is 39.3 Å². The number of aromatic nitrogens is 2. The van der Waals surface area contributed by atoms with Gasteiger partial charge in [-0.05, 0) is 45.4 Å². The number of amides is 1. The van der Waals surface area contributed by atoms with Gasteiger partial charge in [0.15, 0.2) is 0 Å². The van der Waals surface area contributed by atoms with Crippen LogP contribution in [0.25, 0.3) is 0 Å². The summed E-state index contributed by atoms with van der Waals surface area (Å²) in [5.41, 5.74) is 1.29. The highest BCUT2D eigenvalue weighted by Gasteiger charge is 2.26. The van der Waals surface area contributed by atoms with Crippen LogP contribution in [0.2, 0.25) is 0 Å². The molecule has 1 aliphatic heterocycles. The van der Waals surface area contributed by atoms with Crippen LogP contribution in [0, 0.1) is 0 Å². The Labute approximate surface area is 173 Å². The molecule has 0 spiro atoms. The predicted octanol–water partition coefficient (Wildman–Crippen LogP) is 3.01. The van der Waals surface area contributed by atoms with Crippen LogP contribution in [0.5, 0.6) is 5.75 Å². The van der Waals surface area contributed by atoms with Crippen molar-refractivity contribution in [1.29, 1.82) is 0 Å². The number of nitrogens with zero attached hydrogens (tertiary/aromatic N) is 4. The third-order valence-electron chi connectivity index (χ3n) is 5.39. The Morgan fingerprint density at radius 1 is 1.10 bits per heavy atom. The minimum absolute atomic E-state index is 0.0207. The molecule has 1 amide bonds. The van der Waals surface area contributed by atoms with Crippen molar-refractivity contribution in [2.45, 2.75) is 46.3 Å². The highest BCUT2D eigenvalue weighted by molar-refractivity contribution is 5.93. The van der Waals surface area contributed by atoms with Crippen molar-refractivity contribution in [3.8, 4) is 5.75 Å². The Morgan fingerprint density at radius 3 is 2.41 bits per heavy atom. The van der Waals surface area contributed by atoms with E-state index in [0.717, 1.165) is 44.3 Å². The molecule has 1 N–H and O–H groups in total. The van der Waals surface area contributed by atoms with Gasteiger partial charge in [-0.15, -0.1) is 0 Å². The van der Waals surface area contributed by atoms with E-state index < -0.39 is 0 Å². The Morgan fingerprint density at radius 2 is 1.79 bits per heavy atom. The van der Waals surface area contributed by atoms with Crippen LogP contribution in [-0.2, 0) is 11.3 Å².